The molecule has 0 aliphatic carbocycles. The minimum absolute atomic E-state index is 0. The molecule has 0 aromatic heterocycles. The Kier molecular flexibility index (Phi) is 32.0. The van der Waals surface area contributed by atoms with E-state index in [4.69, 9.17) is 0 Å². The molecule has 0 bridgehead atoms. The maximum atomic E-state index is 11.9. The molecule has 472 valence electrons. The van der Waals surface area contributed by atoms with Gasteiger partial charge >= 0.3 is 0 Å². The van der Waals surface area contributed by atoms with E-state index < -0.39 is 31.7 Å². The molecule has 0 saturated carbocycles. The SMILES string of the molecule is CCC(CC)C(=O)CCCc1ccccc1I.[Pd].c1ccc(P(c2ccccc2)c2ccccc2)cc1.c1ccc(P(c2ccccc2)c2ccccc2)cc1.c1ccc(P(c2ccccc2)c2ccccc2)cc1.c1ccc(P(c2ccccc2)c2ccccc2)cc1. The Hall–Kier alpha value is -7.36. The van der Waals surface area contributed by atoms with Crippen molar-refractivity contribution >= 4 is 124 Å². The zero-order valence-electron chi connectivity index (χ0n) is 53.5. The van der Waals surface area contributed by atoms with E-state index in [1.165, 1.54) is 72.8 Å². The van der Waals surface area contributed by atoms with Gasteiger partial charge in [-0.2, -0.15) is 0 Å². The Bertz CT molecular complexity index is 3240. The zero-order valence-corrected chi connectivity index (χ0v) is 60.7. The van der Waals surface area contributed by atoms with Crippen molar-refractivity contribution in [3.8, 4) is 0 Å². The molecule has 13 rings (SSSR count). The molecular formula is C87H81IOP4Pd. The maximum absolute atomic E-state index is 11.9. The van der Waals surface area contributed by atoms with Crippen LogP contribution in [0, 0.1) is 9.49 Å². The standard InChI is InChI=1S/4C18H15P.C15H21IO.Pd/c4*1-4-10-16(11-5-1)19(17-12-6-2-7-13-17)18-14-8-3-9-15-18;1-3-12(4-2)15(17)11-7-9-13-8-5-6-10-14(13)16;/h4*1-15H;5-6,8,10,12H,3-4,7,9,11H2,1-2H3;. The average Bonchev–Trinajstić information content (AvgIpc) is 1.06. The van der Waals surface area contributed by atoms with Gasteiger partial charge < -0.3 is 0 Å². The fourth-order valence-electron chi connectivity index (χ4n) is 10.8. The van der Waals surface area contributed by atoms with Gasteiger partial charge in [-0.25, -0.2) is 0 Å². The van der Waals surface area contributed by atoms with Crippen LogP contribution < -0.4 is 63.7 Å². The van der Waals surface area contributed by atoms with Crippen LogP contribution in [0.2, 0.25) is 0 Å². The van der Waals surface area contributed by atoms with E-state index in [1.54, 1.807) is 0 Å². The molecule has 0 atom stereocenters. The summed E-state index contributed by atoms with van der Waals surface area (Å²) in [6.07, 6.45) is 4.70. The molecule has 13 aromatic rings. The van der Waals surface area contributed by atoms with Gasteiger partial charge in [0.2, 0.25) is 0 Å². The quantitative estimate of drug-likeness (QED) is 0.0448. The molecule has 0 radical (unpaired) electrons. The molecule has 1 nitrogen and oxygen atoms in total. The number of carbonyl (C=O) groups excluding carboxylic acids is 1. The van der Waals surface area contributed by atoms with Crippen molar-refractivity contribution in [3.63, 3.8) is 0 Å². The maximum Gasteiger partial charge on any atom is 0.135 e. The molecule has 94 heavy (non-hydrogen) atoms. The van der Waals surface area contributed by atoms with Gasteiger partial charge in [0, 0.05) is 36.3 Å². The van der Waals surface area contributed by atoms with Crippen molar-refractivity contribution in [3.05, 3.63) is 397 Å². The Morgan fingerprint density at radius 2 is 0.426 bits per heavy atom. The predicted molar refractivity (Wildman–Crippen MR) is 422 cm³/mol. The Balaban J connectivity index is 0.000000150. The number of benzene rings is 13. The smallest absolute Gasteiger partial charge is 0.135 e. The number of ketones is 1. The third-order valence-electron chi connectivity index (χ3n) is 15.4. The van der Waals surface area contributed by atoms with Crippen LogP contribution in [-0.2, 0) is 31.6 Å². The van der Waals surface area contributed by atoms with Crippen LogP contribution in [0.15, 0.2) is 388 Å². The third-order valence-corrected chi connectivity index (χ3v) is 26.3. The van der Waals surface area contributed by atoms with Gasteiger partial charge in [0.25, 0.3) is 0 Å². The van der Waals surface area contributed by atoms with Crippen LogP contribution in [0.4, 0.5) is 0 Å². The van der Waals surface area contributed by atoms with Crippen LogP contribution in [-0.4, -0.2) is 5.78 Å². The fourth-order valence-corrected chi connectivity index (χ4v) is 20.7. The van der Waals surface area contributed by atoms with Crippen LogP contribution >= 0.6 is 54.3 Å². The molecule has 0 fully saturated rings. The van der Waals surface area contributed by atoms with Crippen molar-refractivity contribution in [2.45, 2.75) is 46.0 Å². The van der Waals surface area contributed by atoms with E-state index in [1.807, 2.05) is 0 Å². The second kappa shape index (κ2) is 41.5. The van der Waals surface area contributed by atoms with Gasteiger partial charge in [0.15, 0.2) is 0 Å². The van der Waals surface area contributed by atoms with Crippen molar-refractivity contribution in [2.24, 2.45) is 5.92 Å². The number of Topliss-reactive ketones (excluding diaryl/α,β-unsaturated/α-hetero) is 1. The minimum Gasteiger partial charge on any atom is -0.299 e. The van der Waals surface area contributed by atoms with Crippen LogP contribution in [0.3, 0.4) is 0 Å². The molecule has 0 unspecified atom stereocenters. The third kappa shape index (κ3) is 22.7. The summed E-state index contributed by atoms with van der Waals surface area (Å²) in [6, 6.07) is 138. The molecule has 0 saturated heterocycles. The first-order chi connectivity index (χ1) is 46.0. The van der Waals surface area contributed by atoms with Crippen molar-refractivity contribution in [2.75, 3.05) is 0 Å². The average molecular weight is 1500 g/mol. The van der Waals surface area contributed by atoms with Crippen LogP contribution in [0.25, 0.3) is 0 Å². The number of hydrogen-bond donors (Lipinski definition) is 0. The molecule has 13 aromatic carbocycles. The van der Waals surface area contributed by atoms with E-state index in [-0.39, 0.29) is 26.3 Å². The summed E-state index contributed by atoms with van der Waals surface area (Å²) in [4.78, 5) is 11.9. The summed E-state index contributed by atoms with van der Waals surface area (Å²) in [5.41, 5.74) is 1.37. The zero-order chi connectivity index (χ0) is 64.3. The topological polar surface area (TPSA) is 17.1 Å². The Labute approximate surface area is 593 Å². The molecule has 0 amide bonds. The molecule has 0 heterocycles. The van der Waals surface area contributed by atoms with Gasteiger partial charge in [-0.3, -0.25) is 4.79 Å². The first-order valence-electron chi connectivity index (χ1n) is 32.1. The number of hydrogen-bond acceptors (Lipinski definition) is 1. The summed E-state index contributed by atoms with van der Waals surface area (Å²) in [6.45, 7) is 4.21. The summed E-state index contributed by atoms with van der Waals surface area (Å²) >= 11 is 2.36. The van der Waals surface area contributed by atoms with E-state index in [2.05, 4.69) is 425 Å². The molecule has 0 aliphatic rings. The first kappa shape index (κ1) is 72.5. The molecule has 0 N–H and O–H groups in total. The van der Waals surface area contributed by atoms with Crippen molar-refractivity contribution in [1.29, 1.82) is 0 Å². The summed E-state index contributed by atoms with van der Waals surface area (Å²) in [5.74, 6) is 0.728. The van der Waals surface area contributed by atoms with Gasteiger partial charge in [-0.1, -0.05) is 396 Å². The summed E-state index contributed by atoms with van der Waals surface area (Å²) in [7, 11) is -1.78. The second-order valence-electron chi connectivity index (χ2n) is 21.8. The number of aryl methyl sites for hydroxylation is 1. The number of halogens is 1. The molecule has 7 heteroatoms. The predicted octanol–water partition coefficient (Wildman–Crippen LogP) is 18.4. The van der Waals surface area contributed by atoms with Crippen molar-refractivity contribution in [1.82, 2.24) is 0 Å². The fraction of sp³-hybridized carbons (Fsp3) is 0.0920. The number of carbonyl (C=O) groups is 1. The Morgan fingerprint density at radius 3 is 0.585 bits per heavy atom. The molecule has 0 aliphatic heterocycles. The second-order valence-corrected chi connectivity index (χ2v) is 31.8. The first-order valence-corrected chi connectivity index (χ1v) is 38.5. The Morgan fingerprint density at radius 1 is 0.266 bits per heavy atom. The summed E-state index contributed by atoms with van der Waals surface area (Å²) < 4.78 is 1.31. The van der Waals surface area contributed by atoms with E-state index in [9.17, 15) is 4.79 Å². The van der Waals surface area contributed by atoms with Gasteiger partial charge in [0.1, 0.15) is 5.78 Å². The largest absolute Gasteiger partial charge is 0.299 e. The van der Waals surface area contributed by atoms with Crippen LogP contribution in [0.5, 0.6) is 0 Å². The minimum atomic E-state index is -0.446. The summed E-state index contributed by atoms with van der Waals surface area (Å²) in [5, 5.41) is 16.8. The normalized spacial score (nSPS) is 10.5. The van der Waals surface area contributed by atoms with Gasteiger partial charge in [0.05, 0.1) is 0 Å². The van der Waals surface area contributed by atoms with E-state index in [0.717, 1.165) is 32.1 Å². The van der Waals surface area contributed by atoms with Gasteiger partial charge in [-0.05, 0) is 155 Å². The van der Waals surface area contributed by atoms with Gasteiger partial charge in [-0.15, -0.1) is 0 Å². The number of rotatable bonds is 19. The van der Waals surface area contributed by atoms with Crippen molar-refractivity contribution < 1.29 is 25.2 Å². The van der Waals surface area contributed by atoms with Crippen LogP contribution in [0.1, 0.15) is 45.1 Å². The van der Waals surface area contributed by atoms with E-state index >= 15 is 0 Å². The molecule has 0 spiro atoms. The van der Waals surface area contributed by atoms with E-state index in [0.29, 0.717) is 5.78 Å². The molecular weight excluding hydrogens is 1420 g/mol. The monoisotopic (exact) mass is 1500 g/mol.